The van der Waals surface area contributed by atoms with E-state index in [0.29, 0.717) is 0 Å². The van der Waals surface area contributed by atoms with Crippen LogP contribution in [-0.4, -0.2) is 29.8 Å². The Labute approximate surface area is 80.5 Å². The maximum Gasteiger partial charge on any atom is 0.337 e. The van der Waals surface area contributed by atoms with Gasteiger partial charge in [0.25, 0.3) is 0 Å². The van der Waals surface area contributed by atoms with Crippen molar-refractivity contribution in [2.45, 2.75) is 6.48 Å². The van der Waals surface area contributed by atoms with E-state index in [0.717, 1.165) is 0 Å². The van der Waals surface area contributed by atoms with Gasteiger partial charge in [-0.3, -0.25) is 0 Å². The van der Waals surface area contributed by atoms with Gasteiger partial charge in [0, 0.05) is 0 Å². The molecule has 0 aliphatic rings. The molecule has 0 bridgehead atoms. The van der Waals surface area contributed by atoms with Gasteiger partial charge in [-0.2, -0.15) is 0 Å². The van der Waals surface area contributed by atoms with Crippen molar-refractivity contribution in [3.05, 3.63) is 29.8 Å². The maximum atomic E-state index is 11.0. The average molecular weight is 198 g/mol. The van der Waals surface area contributed by atoms with Gasteiger partial charge < -0.3 is 19.7 Å². The smallest absolute Gasteiger partial charge is 0.337 e. The second kappa shape index (κ2) is 4.59. The van der Waals surface area contributed by atoms with Crippen LogP contribution in [-0.2, 0) is 4.74 Å². The molecule has 1 aromatic rings. The topological polar surface area (TPSA) is 76.0 Å². The quantitative estimate of drug-likeness (QED) is 0.533. The summed E-state index contributed by atoms with van der Waals surface area (Å²) in [6, 6.07) is 5.92. The number of benzene rings is 1. The van der Waals surface area contributed by atoms with Crippen molar-refractivity contribution in [3.8, 4) is 5.75 Å². The van der Waals surface area contributed by atoms with Gasteiger partial charge in [-0.15, -0.1) is 0 Å². The van der Waals surface area contributed by atoms with Crippen molar-refractivity contribution in [1.29, 1.82) is 0 Å². The molecule has 0 fully saturated rings. The van der Waals surface area contributed by atoms with Gasteiger partial charge in [-0.1, -0.05) is 6.07 Å². The first kappa shape index (κ1) is 10.5. The fraction of sp³-hybridized carbons (Fsp3) is 0.222. The third-order valence-electron chi connectivity index (χ3n) is 1.50. The van der Waals surface area contributed by atoms with Gasteiger partial charge in [0.2, 0.25) is 0 Å². The lowest BCUT2D eigenvalue weighted by molar-refractivity contribution is -0.179. The largest absolute Gasteiger partial charge is 0.465 e. The van der Waals surface area contributed by atoms with E-state index < -0.39 is 12.4 Å². The van der Waals surface area contributed by atoms with Crippen LogP contribution in [0.25, 0.3) is 0 Å². The van der Waals surface area contributed by atoms with Crippen molar-refractivity contribution in [1.82, 2.24) is 0 Å². The van der Waals surface area contributed by atoms with E-state index in [4.69, 9.17) is 10.2 Å². The van der Waals surface area contributed by atoms with Crippen LogP contribution in [0, 0.1) is 0 Å². The molecule has 0 heterocycles. The zero-order valence-electron chi connectivity index (χ0n) is 7.51. The van der Waals surface area contributed by atoms with E-state index in [-0.39, 0.29) is 11.3 Å². The summed E-state index contributed by atoms with van der Waals surface area (Å²) >= 11 is 0. The Morgan fingerprint density at radius 2 is 2.14 bits per heavy atom. The second-order valence-electron chi connectivity index (χ2n) is 2.46. The Hall–Kier alpha value is -1.59. The number of carbonyl (C=O) groups excluding carboxylic acids is 1. The van der Waals surface area contributed by atoms with E-state index in [1.165, 1.54) is 25.3 Å². The molecule has 76 valence electrons. The Balaban J connectivity index is 2.84. The van der Waals surface area contributed by atoms with Crippen molar-refractivity contribution < 1.29 is 24.5 Å². The molecule has 0 aliphatic carbocycles. The fourth-order valence-corrected chi connectivity index (χ4v) is 0.936. The molecule has 0 saturated heterocycles. The number of hydrogen-bond donors (Lipinski definition) is 2. The number of aliphatic hydroxyl groups is 2. The minimum atomic E-state index is -1.90. The number of carbonyl (C=O) groups is 1. The van der Waals surface area contributed by atoms with Crippen LogP contribution in [0.1, 0.15) is 10.4 Å². The average Bonchev–Trinajstić information content (AvgIpc) is 2.16. The number of hydrogen-bond acceptors (Lipinski definition) is 5. The first-order valence-corrected chi connectivity index (χ1v) is 3.84. The van der Waals surface area contributed by atoms with E-state index in [1.807, 2.05) is 0 Å². The third kappa shape index (κ3) is 2.72. The summed E-state index contributed by atoms with van der Waals surface area (Å²) in [5.74, 6) is -0.328. The molecule has 2 N–H and O–H groups in total. The highest BCUT2D eigenvalue weighted by Crippen LogP contribution is 2.14. The summed E-state index contributed by atoms with van der Waals surface area (Å²) in [7, 11) is 1.26. The molecule has 5 heteroatoms. The van der Waals surface area contributed by atoms with Crippen LogP contribution in [0.4, 0.5) is 0 Å². The van der Waals surface area contributed by atoms with Gasteiger partial charge in [-0.05, 0) is 18.2 Å². The molecule has 5 nitrogen and oxygen atoms in total. The van der Waals surface area contributed by atoms with Crippen molar-refractivity contribution >= 4 is 5.97 Å². The molecular formula is C9H10O5. The molecule has 0 radical (unpaired) electrons. The number of ether oxygens (including phenoxy) is 2. The van der Waals surface area contributed by atoms with Crippen LogP contribution in [0.2, 0.25) is 0 Å². The van der Waals surface area contributed by atoms with Crippen molar-refractivity contribution in [2.75, 3.05) is 7.11 Å². The minimum Gasteiger partial charge on any atom is -0.465 e. The fourth-order valence-electron chi connectivity index (χ4n) is 0.936. The summed E-state index contributed by atoms with van der Waals surface area (Å²) in [5.41, 5.74) is 0.283. The van der Waals surface area contributed by atoms with Crippen LogP contribution >= 0.6 is 0 Å². The molecule has 1 rings (SSSR count). The first-order chi connectivity index (χ1) is 6.63. The highest BCUT2D eigenvalue weighted by molar-refractivity contribution is 5.89. The van der Waals surface area contributed by atoms with Gasteiger partial charge in [0.05, 0.1) is 12.7 Å². The van der Waals surface area contributed by atoms with Crippen molar-refractivity contribution in [2.24, 2.45) is 0 Å². The Bertz CT molecular complexity index is 321. The summed E-state index contributed by atoms with van der Waals surface area (Å²) in [4.78, 5) is 11.0. The lowest BCUT2D eigenvalue weighted by Gasteiger charge is -2.07. The predicted octanol–water partition coefficient (Wildman–Crippen LogP) is 0.120. The number of aliphatic hydroxyl groups excluding tert-OH is 1. The minimum absolute atomic E-state index is 0.183. The molecule has 0 spiro atoms. The van der Waals surface area contributed by atoms with Crippen LogP contribution in [0.3, 0.4) is 0 Å². The van der Waals surface area contributed by atoms with Crippen LogP contribution in [0.5, 0.6) is 5.75 Å². The molecule has 0 saturated carbocycles. The molecule has 14 heavy (non-hydrogen) atoms. The highest BCUT2D eigenvalue weighted by atomic mass is 16.7. The monoisotopic (exact) mass is 198 g/mol. The standard InChI is InChI=1S/C9H10O5/c1-13-8(10)6-3-2-4-7(5-6)14-9(11)12/h2-5,9,11-12H,1H3. The molecule has 0 atom stereocenters. The van der Waals surface area contributed by atoms with E-state index in [9.17, 15) is 4.79 Å². The second-order valence-corrected chi connectivity index (χ2v) is 2.46. The predicted molar refractivity (Wildman–Crippen MR) is 46.6 cm³/mol. The Morgan fingerprint density at radius 1 is 1.43 bits per heavy atom. The van der Waals surface area contributed by atoms with Crippen molar-refractivity contribution in [3.63, 3.8) is 0 Å². The zero-order valence-corrected chi connectivity index (χ0v) is 7.51. The molecule has 0 amide bonds. The molecular weight excluding hydrogens is 188 g/mol. The molecule has 1 aromatic carbocycles. The van der Waals surface area contributed by atoms with Crippen LogP contribution in [0.15, 0.2) is 24.3 Å². The van der Waals surface area contributed by atoms with E-state index in [2.05, 4.69) is 9.47 Å². The van der Waals surface area contributed by atoms with E-state index in [1.54, 1.807) is 6.07 Å². The van der Waals surface area contributed by atoms with Gasteiger partial charge in [0.1, 0.15) is 5.75 Å². The maximum absolute atomic E-state index is 11.0. The molecule has 0 unspecified atom stereocenters. The summed E-state index contributed by atoms with van der Waals surface area (Å²) < 4.78 is 9.03. The summed E-state index contributed by atoms with van der Waals surface area (Å²) in [6.45, 7) is -1.90. The van der Waals surface area contributed by atoms with Gasteiger partial charge in [0.15, 0.2) is 0 Å². The Kier molecular flexibility index (Phi) is 3.44. The molecule has 0 aliphatic heterocycles. The van der Waals surface area contributed by atoms with Crippen LogP contribution < -0.4 is 4.74 Å². The normalized spacial score (nSPS) is 10.0. The first-order valence-electron chi connectivity index (χ1n) is 3.84. The molecule has 0 aromatic heterocycles. The van der Waals surface area contributed by atoms with Gasteiger partial charge >= 0.3 is 12.4 Å². The summed E-state index contributed by atoms with van der Waals surface area (Å²) in [6.07, 6.45) is 0. The zero-order chi connectivity index (χ0) is 10.6. The van der Waals surface area contributed by atoms with Gasteiger partial charge in [-0.25, -0.2) is 4.79 Å². The van der Waals surface area contributed by atoms with E-state index >= 15 is 0 Å². The Morgan fingerprint density at radius 3 is 2.71 bits per heavy atom. The third-order valence-corrected chi connectivity index (χ3v) is 1.50. The number of rotatable bonds is 3. The number of esters is 1. The number of methoxy groups -OCH3 is 1. The SMILES string of the molecule is COC(=O)c1cccc(OC(O)O)c1. The highest BCUT2D eigenvalue weighted by Gasteiger charge is 2.07. The summed E-state index contributed by atoms with van der Waals surface area (Å²) in [5, 5.41) is 17.0. The lowest BCUT2D eigenvalue weighted by Crippen LogP contribution is -2.13. The lowest BCUT2D eigenvalue weighted by atomic mass is 10.2.